The topological polar surface area (TPSA) is 58.8 Å². The van der Waals surface area contributed by atoms with E-state index >= 15 is 0 Å². The second-order valence-electron chi connectivity index (χ2n) is 7.37. The van der Waals surface area contributed by atoms with Crippen molar-refractivity contribution in [2.75, 3.05) is 45.9 Å². The van der Waals surface area contributed by atoms with Crippen molar-refractivity contribution in [1.29, 1.82) is 0 Å². The zero-order chi connectivity index (χ0) is 22.3. The zero-order valence-electron chi connectivity index (χ0n) is 17.0. The monoisotopic (exact) mass is 459 g/mol. The van der Waals surface area contributed by atoms with Crippen LogP contribution in [0.4, 0.5) is 13.2 Å². The van der Waals surface area contributed by atoms with Gasteiger partial charge in [0.05, 0.1) is 6.20 Å². The predicted octanol–water partition coefficient (Wildman–Crippen LogP) is 4.04. The molecule has 2 heterocycles. The third-order valence-corrected chi connectivity index (χ3v) is 5.24. The van der Waals surface area contributed by atoms with Crippen LogP contribution in [0.1, 0.15) is 18.7 Å². The highest BCUT2D eigenvalue weighted by molar-refractivity contribution is 6.30. The van der Waals surface area contributed by atoms with E-state index in [1.807, 2.05) is 12.1 Å². The molecular formula is C21H25ClF3N3O3. The first kappa shape index (κ1) is 23.6. The first-order valence-electron chi connectivity index (χ1n) is 10.2. The van der Waals surface area contributed by atoms with E-state index in [0.29, 0.717) is 68.7 Å². The maximum atomic E-state index is 12.5. The summed E-state index contributed by atoms with van der Waals surface area (Å²) in [6.07, 6.45) is -1.38. The Morgan fingerprint density at radius 2 is 1.87 bits per heavy atom. The van der Waals surface area contributed by atoms with Gasteiger partial charge in [0.1, 0.15) is 6.61 Å². The van der Waals surface area contributed by atoms with Gasteiger partial charge in [0.2, 0.25) is 5.91 Å². The number of nitrogens with zero attached hydrogens (tertiary/aromatic N) is 3. The highest BCUT2D eigenvalue weighted by Gasteiger charge is 2.27. The Morgan fingerprint density at radius 1 is 1.16 bits per heavy atom. The van der Waals surface area contributed by atoms with E-state index < -0.39 is 12.8 Å². The van der Waals surface area contributed by atoms with Gasteiger partial charge in [-0.2, -0.15) is 13.2 Å². The van der Waals surface area contributed by atoms with Crippen molar-refractivity contribution in [2.45, 2.75) is 25.4 Å². The fourth-order valence-electron chi connectivity index (χ4n) is 3.34. The molecule has 0 atom stereocenters. The van der Waals surface area contributed by atoms with Crippen molar-refractivity contribution >= 4 is 17.5 Å². The average molecular weight is 460 g/mol. The summed E-state index contributed by atoms with van der Waals surface area (Å²) in [5.74, 6) is 1.18. The molecule has 0 radical (unpaired) electrons. The van der Waals surface area contributed by atoms with E-state index in [9.17, 15) is 18.0 Å². The van der Waals surface area contributed by atoms with E-state index in [4.69, 9.17) is 16.0 Å². The number of aromatic nitrogens is 1. The molecule has 1 amide bonds. The van der Waals surface area contributed by atoms with Gasteiger partial charge in [-0.1, -0.05) is 11.6 Å². The molecule has 31 heavy (non-hydrogen) atoms. The lowest BCUT2D eigenvalue weighted by Gasteiger charge is -2.34. The number of hydrogen-bond acceptors (Lipinski definition) is 5. The molecule has 1 saturated heterocycles. The minimum absolute atomic E-state index is 0.0411. The maximum Gasteiger partial charge on any atom is 0.411 e. The molecule has 1 aliphatic heterocycles. The lowest BCUT2D eigenvalue weighted by atomic mass is 10.2. The molecule has 10 heteroatoms. The predicted molar refractivity (Wildman–Crippen MR) is 110 cm³/mol. The highest BCUT2D eigenvalue weighted by Crippen LogP contribution is 2.23. The second-order valence-corrected chi connectivity index (χ2v) is 7.81. The number of oxazole rings is 1. The van der Waals surface area contributed by atoms with Crippen LogP contribution in [0.5, 0.6) is 0 Å². The van der Waals surface area contributed by atoms with Crippen LogP contribution in [-0.4, -0.2) is 72.8 Å². The van der Waals surface area contributed by atoms with Gasteiger partial charge < -0.3 is 14.1 Å². The lowest BCUT2D eigenvalue weighted by molar-refractivity contribution is -0.174. The van der Waals surface area contributed by atoms with Gasteiger partial charge in [0, 0.05) is 62.8 Å². The number of rotatable bonds is 9. The molecule has 6 nitrogen and oxygen atoms in total. The van der Waals surface area contributed by atoms with E-state index in [0.717, 1.165) is 5.56 Å². The minimum Gasteiger partial charge on any atom is -0.441 e. The van der Waals surface area contributed by atoms with Crippen LogP contribution < -0.4 is 0 Å². The van der Waals surface area contributed by atoms with Crippen molar-refractivity contribution < 1.29 is 27.1 Å². The molecule has 0 saturated carbocycles. The normalized spacial score (nSPS) is 15.4. The smallest absolute Gasteiger partial charge is 0.411 e. The first-order chi connectivity index (χ1) is 14.8. The van der Waals surface area contributed by atoms with Crippen molar-refractivity contribution in [2.24, 2.45) is 0 Å². The van der Waals surface area contributed by atoms with Gasteiger partial charge in [-0.15, -0.1) is 0 Å². The first-order valence-corrected chi connectivity index (χ1v) is 10.5. The van der Waals surface area contributed by atoms with Gasteiger partial charge in [0.15, 0.2) is 11.7 Å². The largest absolute Gasteiger partial charge is 0.441 e. The summed E-state index contributed by atoms with van der Waals surface area (Å²) in [5, 5.41) is 0.643. The SMILES string of the molecule is O=C(CCc1ncc(-c2ccc(Cl)cc2)o1)N1CCN(CCCOCC(F)(F)F)CC1. The summed E-state index contributed by atoms with van der Waals surface area (Å²) in [4.78, 5) is 20.7. The van der Waals surface area contributed by atoms with E-state index in [-0.39, 0.29) is 12.5 Å². The Labute approximate surface area is 183 Å². The Balaban J connectivity index is 1.34. The molecule has 0 bridgehead atoms. The Hall–Kier alpha value is -2.10. The fraction of sp³-hybridized carbons (Fsp3) is 0.524. The number of ether oxygens (including phenoxy) is 1. The summed E-state index contributed by atoms with van der Waals surface area (Å²) >= 11 is 5.89. The highest BCUT2D eigenvalue weighted by atomic mass is 35.5. The van der Waals surface area contributed by atoms with Gasteiger partial charge >= 0.3 is 6.18 Å². The standard InChI is InChI=1S/C21H25ClF3N3O3/c22-17-4-2-16(3-5-17)18-14-26-19(31-18)6-7-20(29)28-11-9-27(10-12-28)8-1-13-30-15-21(23,24)25/h2-5,14H,1,6-13,15H2. The molecule has 1 aromatic carbocycles. The number of benzene rings is 1. The van der Waals surface area contributed by atoms with Gasteiger partial charge in [-0.3, -0.25) is 9.69 Å². The van der Waals surface area contributed by atoms with Crippen LogP contribution in [0, 0.1) is 0 Å². The minimum atomic E-state index is -4.28. The molecule has 1 fully saturated rings. The van der Waals surface area contributed by atoms with E-state index in [1.165, 1.54) is 0 Å². The number of carbonyl (C=O) groups excluding carboxylic acids is 1. The van der Waals surface area contributed by atoms with Crippen LogP contribution >= 0.6 is 11.6 Å². The lowest BCUT2D eigenvalue weighted by Crippen LogP contribution is -2.49. The van der Waals surface area contributed by atoms with Gasteiger partial charge in [-0.25, -0.2) is 4.98 Å². The molecule has 170 valence electrons. The zero-order valence-corrected chi connectivity index (χ0v) is 17.8. The molecular weight excluding hydrogens is 435 g/mol. The molecule has 1 aromatic heterocycles. The third-order valence-electron chi connectivity index (χ3n) is 4.99. The van der Waals surface area contributed by atoms with E-state index in [2.05, 4.69) is 14.6 Å². The van der Waals surface area contributed by atoms with Crippen LogP contribution in [0.3, 0.4) is 0 Å². The number of piperazine rings is 1. The average Bonchev–Trinajstić information content (AvgIpc) is 3.21. The maximum absolute atomic E-state index is 12.5. The summed E-state index contributed by atoms with van der Waals surface area (Å²) in [7, 11) is 0. The molecule has 0 N–H and O–H groups in total. The van der Waals surface area contributed by atoms with Crippen molar-refractivity contribution in [3.8, 4) is 11.3 Å². The summed E-state index contributed by atoms with van der Waals surface area (Å²) < 4.78 is 46.5. The fourth-order valence-corrected chi connectivity index (χ4v) is 3.47. The summed E-state index contributed by atoms with van der Waals surface area (Å²) in [5.41, 5.74) is 0.870. The molecule has 1 aliphatic rings. The van der Waals surface area contributed by atoms with Crippen LogP contribution in [0.15, 0.2) is 34.9 Å². The van der Waals surface area contributed by atoms with Crippen LogP contribution in [-0.2, 0) is 16.0 Å². The van der Waals surface area contributed by atoms with Crippen molar-refractivity contribution in [1.82, 2.24) is 14.8 Å². The van der Waals surface area contributed by atoms with Gasteiger partial charge in [0.25, 0.3) is 0 Å². The number of alkyl halides is 3. The molecule has 0 aliphatic carbocycles. The van der Waals surface area contributed by atoms with Gasteiger partial charge in [-0.05, 0) is 30.7 Å². The summed E-state index contributed by atoms with van der Waals surface area (Å²) in [6.45, 7) is 2.13. The Morgan fingerprint density at radius 3 is 2.55 bits per heavy atom. The number of carbonyl (C=O) groups is 1. The van der Waals surface area contributed by atoms with Crippen LogP contribution in [0.2, 0.25) is 5.02 Å². The Kier molecular flexibility index (Phi) is 8.34. The van der Waals surface area contributed by atoms with E-state index in [1.54, 1.807) is 23.2 Å². The quantitative estimate of drug-likeness (QED) is 0.530. The number of aryl methyl sites for hydroxylation is 1. The molecule has 0 unspecified atom stereocenters. The third kappa shape index (κ3) is 7.83. The molecule has 2 aromatic rings. The number of amides is 1. The number of halogens is 4. The van der Waals surface area contributed by atoms with Crippen molar-refractivity contribution in [3.05, 3.63) is 41.4 Å². The molecule has 0 spiro atoms. The molecule has 3 rings (SSSR count). The Bertz CT molecular complexity index is 834. The summed E-state index contributed by atoms with van der Waals surface area (Å²) in [6, 6.07) is 7.25. The van der Waals surface area contributed by atoms with Crippen LogP contribution in [0.25, 0.3) is 11.3 Å². The van der Waals surface area contributed by atoms with Crippen molar-refractivity contribution in [3.63, 3.8) is 0 Å². The second kappa shape index (κ2) is 11.0. The number of hydrogen-bond donors (Lipinski definition) is 0.